The van der Waals surface area contributed by atoms with Gasteiger partial charge in [-0.2, -0.15) is 0 Å². The summed E-state index contributed by atoms with van der Waals surface area (Å²) < 4.78 is 0. The summed E-state index contributed by atoms with van der Waals surface area (Å²) in [5, 5.41) is 8.94. The molecular weight excluding hydrogens is 192 g/mol. The minimum Gasteiger partial charge on any atom is -0.465 e. The highest BCUT2D eigenvalue weighted by Gasteiger charge is 2.32. The first-order valence-corrected chi connectivity index (χ1v) is 5.92. The first-order valence-electron chi connectivity index (χ1n) is 5.92. The van der Waals surface area contributed by atoms with Crippen LogP contribution in [0.1, 0.15) is 26.2 Å². The van der Waals surface area contributed by atoms with E-state index in [1.54, 1.807) is 4.90 Å². The van der Waals surface area contributed by atoms with Crippen LogP contribution in [0.4, 0.5) is 4.79 Å². The maximum absolute atomic E-state index is 10.9. The smallest absolute Gasteiger partial charge is 0.407 e. The molecule has 4 nitrogen and oxygen atoms in total. The summed E-state index contributed by atoms with van der Waals surface area (Å²) in [5.41, 5.74) is 0. The molecule has 86 valence electrons. The van der Waals surface area contributed by atoms with Gasteiger partial charge in [-0.1, -0.05) is 6.92 Å². The molecular formula is C11H20N2O2. The van der Waals surface area contributed by atoms with Crippen LogP contribution < -0.4 is 0 Å². The van der Waals surface area contributed by atoms with Crippen molar-refractivity contribution in [2.24, 2.45) is 5.92 Å². The predicted octanol–water partition coefficient (Wildman–Crippen LogP) is 1.47. The molecule has 1 atom stereocenters. The van der Waals surface area contributed by atoms with Gasteiger partial charge in [0, 0.05) is 32.2 Å². The van der Waals surface area contributed by atoms with Crippen LogP contribution in [0.15, 0.2) is 0 Å². The molecule has 2 aliphatic rings. The Balaban J connectivity index is 1.88. The summed E-state index contributed by atoms with van der Waals surface area (Å²) in [5.74, 6) is 0.899. The van der Waals surface area contributed by atoms with Crippen LogP contribution in [-0.4, -0.2) is 53.2 Å². The van der Waals surface area contributed by atoms with E-state index in [-0.39, 0.29) is 0 Å². The van der Waals surface area contributed by atoms with E-state index >= 15 is 0 Å². The van der Waals surface area contributed by atoms with Crippen LogP contribution >= 0.6 is 0 Å². The summed E-state index contributed by atoms with van der Waals surface area (Å²) in [7, 11) is 0. The molecule has 1 amide bonds. The molecule has 0 aromatic heterocycles. The largest absolute Gasteiger partial charge is 0.465 e. The maximum Gasteiger partial charge on any atom is 0.407 e. The second-order valence-corrected chi connectivity index (χ2v) is 4.73. The molecule has 0 aromatic rings. The fraction of sp³-hybridized carbons (Fsp3) is 0.909. The molecule has 4 heteroatoms. The van der Waals surface area contributed by atoms with Gasteiger partial charge in [-0.25, -0.2) is 4.79 Å². The van der Waals surface area contributed by atoms with Crippen LogP contribution in [0.5, 0.6) is 0 Å². The Kier molecular flexibility index (Phi) is 3.14. The zero-order valence-electron chi connectivity index (χ0n) is 9.35. The quantitative estimate of drug-likeness (QED) is 0.770. The summed E-state index contributed by atoms with van der Waals surface area (Å²) in [6.45, 7) is 5.63. The molecule has 0 spiro atoms. The molecule has 1 saturated carbocycles. The number of piperazine rings is 1. The number of carboxylic acid groups (broad SMARTS) is 1. The summed E-state index contributed by atoms with van der Waals surface area (Å²) in [4.78, 5) is 14.9. The Morgan fingerprint density at radius 1 is 1.40 bits per heavy atom. The number of nitrogens with zero attached hydrogens (tertiary/aromatic N) is 2. The van der Waals surface area contributed by atoms with Gasteiger partial charge in [0.25, 0.3) is 0 Å². The van der Waals surface area contributed by atoms with Crippen molar-refractivity contribution in [3.05, 3.63) is 0 Å². The fourth-order valence-corrected chi connectivity index (χ4v) is 2.33. The third kappa shape index (κ3) is 2.62. The maximum atomic E-state index is 10.9. The lowest BCUT2D eigenvalue weighted by Crippen LogP contribution is -2.54. The summed E-state index contributed by atoms with van der Waals surface area (Å²) in [6.07, 6.45) is 3.03. The van der Waals surface area contributed by atoms with Gasteiger partial charge in [0.1, 0.15) is 0 Å². The predicted molar refractivity (Wildman–Crippen MR) is 58.0 cm³/mol. The van der Waals surface area contributed by atoms with Gasteiger partial charge in [-0.05, 0) is 25.2 Å². The molecule has 1 aliphatic carbocycles. The number of hydrogen-bond acceptors (Lipinski definition) is 2. The molecule has 0 aromatic carbocycles. The van der Waals surface area contributed by atoms with Crippen molar-refractivity contribution < 1.29 is 9.90 Å². The molecule has 0 unspecified atom stereocenters. The molecule has 1 heterocycles. The zero-order chi connectivity index (χ0) is 10.8. The van der Waals surface area contributed by atoms with Crippen molar-refractivity contribution in [2.45, 2.75) is 32.2 Å². The average molecular weight is 212 g/mol. The third-order valence-electron chi connectivity index (χ3n) is 3.54. The standard InChI is InChI=1S/C11H20N2O2/c1-2-10-8-13(11(14)15)6-5-12(10)7-9-3-4-9/h9-10H,2-8H2,1H3,(H,14,15)/t10-/m1/s1. The Morgan fingerprint density at radius 2 is 2.13 bits per heavy atom. The van der Waals surface area contributed by atoms with E-state index in [1.807, 2.05) is 0 Å². The molecule has 0 bridgehead atoms. The Bertz CT molecular complexity index is 241. The molecule has 0 radical (unpaired) electrons. The molecule has 2 fully saturated rings. The molecule has 15 heavy (non-hydrogen) atoms. The SMILES string of the molecule is CC[C@@H]1CN(C(=O)O)CCN1CC1CC1. The van der Waals surface area contributed by atoms with Crippen molar-refractivity contribution in [3.8, 4) is 0 Å². The monoisotopic (exact) mass is 212 g/mol. The van der Waals surface area contributed by atoms with Crippen molar-refractivity contribution in [3.63, 3.8) is 0 Å². The van der Waals surface area contributed by atoms with Crippen molar-refractivity contribution in [1.29, 1.82) is 0 Å². The number of carbonyl (C=O) groups is 1. The van der Waals surface area contributed by atoms with E-state index in [0.29, 0.717) is 19.1 Å². The van der Waals surface area contributed by atoms with Gasteiger partial charge in [0.15, 0.2) is 0 Å². The van der Waals surface area contributed by atoms with Crippen LogP contribution in [0.25, 0.3) is 0 Å². The number of rotatable bonds is 3. The second kappa shape index (κ2) is 4.39. The van der Waals surface area contributed by atoms with Gasteiger partial charge in [-0.3, -0.25) is 4.90 Å². The molecule has 1 N–H and O–H groups in total. The van der Waals surface area contributed by atoms with E-state index in [0.717, 1.165) is 18.9 Å². The Morgan fingerprint density at radius 3 is 2.67 bits per heavy atom. The topological polar surface area (TPSA) is 43.8 Å². The highest BCUT2D eigenvalue weighted by molar-refractivity contribution is 5.65. The van der Waals surface area contributed by atoms with Crippen molar-refractivity contribution >= 4 is 6.09 Å². The van der Waals surface area contributed by atoms with Gasteiger partial charge >= 0.3 is 6.09 Å². The van der Waals surface area contributed by atoms with Gasteiger partial charge < -0.3 is 10.0 Å². The average Bonchev–Trinajstić information content (AvgIpc) is 3.02. The zero-order valence-corrected chi connectivity index (χ0v) is 9.35. The van der Waals surface area contributed by atoms with E-state index in [2.05, 4.69) is 11.8 Å². The molecule has 1 aliphatic heterocycles. The molecule has 2 rings (SSSR count). The first-order chi connectivity index (χ1) is 7.20. The van der Waals surface area contributed by atoms with Gasteiger partial charge in [0.05, 0.1) is 0 Å². The lowest BCUT2D eigenvalue weighted by Gasteiger charge is -2.40. The van der Waals surface area contributed by atoms with Crippen molar-refractivity contribution in [2.75, 3.05) is 26.2 Å². The van der Waals surface area contributed by atoms with Crippen LogP contribution in [-0.2, 0) is 0 Å². The Labute approximate surface area is 90.9 Å². The van der Waals surface area contributed by atoms with E-state index in [4.69, 9.17) is 5.11 Å². The lowest BCUT2D eigenvalue weighted by molar-refractivity contribution is 0.0644. The Hall–Kier alpha value is -0.770. The van der Waals surface area contributed by atoms with Gasteiger partial charge in [-0.15, -0.1) is 0 Å². The lowest BCUT2D eigenvalue weighted by atomic mass is 10.1. The summed E-state index contributed by atoms with van der Waals surface area (Å²) in [6, 6.07) is 0.440. The summed E-state index contributed by atoms with van der Waals surface area (Å²) >= 11 is 0. The minimum atomic E-state index is -0.764. The van der Waals surface area contributed by atoms with Crippen LogP contribution in [0, 0.1) is 5.92 Å². The first kappa shape index (κ1) is 10.7. The van der Waals surface area contributed by atoms with Crippen LogP contribution in [0.3, 0.4) is 0 Å². The van der Waals surface area contributed by atoms with E-state index in [1.165, 1.54) is 19.4 Å². The van der Waals surface area contributed by atoms with Gasteiger partial charge in [0.2, 0.25) is 0 Å². The van der Waals surface area contributed by atoms with Crippen molar-refractivity contribution in [1.82, 2.24) is 9.80 Å². The third-order valence-corrected chi connectivity index (χ3v) is 3.54. The fourth-order valence-electron chi connectivity index (χ4n) is 2.33. The number of hydrogen-bond donors (Lipinski definition) is 1. The highest BCUT2D eigenvalue weighted by atomic mass is 16.4. The second-order valence-electron chi connectivity index (χ2n) is 4.73. The van der Waals surface area contributed by atoms with Crippen LogP contribution in [0.2, 0.25) is 0 Å². The normalized spacial score (nSPS) is 28.1. The van der Waals surface area contributed by atoms with E-state index < -0.39 is 6.09 Å². The number of amides is 1. The van der Waals surface area contributed by atoms with E-state index in [9.17, 15) is 4.79 Å². The highest BCUT2D eigenvalue weighted by Crippen LogP contribution is 2.31. The minimum absolute atomic E-state index is 0.440. The molecule has 1 saturated heterocycles.